The standard InChI is InChI=1S/C20H18ClN5O3/c1-12(23-20(27)19-15-11-28-7-5-18(15)29-25-19)10-26-6-4-17(24-26)13-2-3-14(9-22)16(21)8-13/h2-4,6,8,12H,5,7,10-11H2,1H3,(H,23,27). The molecule has 29 heavy (non-hydrogen) atoms. The van der Waals surface area contributed by atoms with Gasteiger partial charge in [0.05, 0.1) is 41.6 Å². The van der Waals surface area contributed by atoms with Crippen molar-refractivity contribution in [2.45, 2.75) is 32.5 Å². The van der Waals surface area contributed by atoms with E-state index < -0.39 is 0 Å². The topological polar surface area (TPSA) is 106 Å². The SMILES string of the molecule is CC(Cn1ccc(-c2ccc(C#N)c(Cl)c2)n1)NC(=O)c1noc2c1COCC2. The summed E-state index contributed by atoms with van der Waals surface area (Å²) in [4.78, 5) is 12.5. The lowest BCUT2D eigenvalue weighted by molar-refractivity contribution is 0.0908. The number of nitrogens with one attached hydrogen (secondary N) is 1. The summed E-state index contributed by atoms with van der Waals surface area (Å²) in [5, 5.41) is 20.7. The van der Waals surface area contributed by atoms with Crippen LogP contribution < -0.4 is 5.32 Å². The molecule has 4 rings (SSSR count). The molecular formula is C20H18ClN5O3. The maximum atomic E-state index is 12.5. The summed E-state index contributed by atoms with van der Waals surface area (Å²) in [6.07, 6.45) is 2.45. The Bertz CT molecular complexity index is 1100. The molecule has 1 N–H and O–H groups in total. The lowest BCUT2D eigenvalue weighted by Gasteiger charge is -2.14. The van der Waals surface area contributed by atoms with Crippen LogP contribution in [0.2, 0.25) is 5.02 Å². The van der Waals surface area contributed by atoms with Crippen molar-refractivity contribution in [2.75, 3.05) is 6.61 Å². The van der Waals surface area contributed by atoms with Gasteiger partial charge in [0.2, 0.25) is 0 Å². The van der Waals surface area contributed by atoms with Crippen LogP contribution in [-0.4, -0.2) is 33.5 Å². The Balaban J connectivity index is 1.41. The van der Waals surface area contributed by atoms with Crippen LogP contribution >= 0.6 is 11.6 Å². The van der Waals surface area contributed by atoms with Gasteiger partial charge in [-0.15, -0.1) is 0 Å². The molecule has 0 radical (unpaired) electrons. The molecule has 0 spiro atoms. The molecule has 1 amide bonds. The highest BCUT2D eigenvalue weighted by molar-refractivity contribution is 6.32. The molecule has 1 atom stereocenters. The fourth-order valence-corrected chi connectivity index (χ4v) is 3.43. The minimum absolute atomic E-state index is 0.184. The highest BCUT2D eigenvalue weighted by Gasteiger charge is 2.25. The van der Waals surface area contributed by atoms with Crippen LogP contribution in [-0.2, 0) is 24.3 Å². The number of hydrogen-bond donors (Lipinski definition) is 1. The Morgan fingerprint density at radius 2 is 2.31 bits per heavy atom. The van der Waals surface area contributed by atoms with E-state index in [1.54, 1.807) is 22.9 Å². The zero-order chi connectivity index (χ0) is 20.4. The van der Waals surface area contributed by atoms with Crippen molar-refractivity contribution in [2.24, 2.45) is 0 Å². The van der Waals surface area contributed by atoms with Gasteiger partial charge in [-0.05, 0) is 25.1 Å². The van der Waals surface area contributed by atoms with Gasteiger partial charge in [0.1, 0.15) is 11.8 Å². The predicted octanol–water partition coefficient (Wildman–Crippen LogP) is 2.95. The monoisotopic (exact) mass is 411 g/mol. The molecule has 0 saturated heterocycles. The van der Waals surface area contributed by atoms with E-state index in [1.807, 2.05) is 25.3 Å². The summed E-state index contributed by atoms with van der Waals surface area (Å²) in [5.41, 5.74) is 2.97. The first kappa shape index (κ1) is 19.2. The van der Waals surface area contributed by atoms with Gasteiger partial charge in [0.25, 0.3) is 5.91 Å². The van der Waals surface area contributed by atoms with Crippen LogP contribution in [0.4, 0.5) is 0 Å². The van der Waals surface area contributed by atoms with Crippen LogP contribution in [0.1, 0.15) is 34.3 Å². The van der Waals surface area contributed by atoms with Crippen LogP contribution in [0.25, 0.3) is 11.3 Å². The van der Waals surface area contributed by atoms with Gasteiger partial charge < -0.3 is 14.6 Å². The van der Waals surface area contributed by atoms with Crippen molar-refractivity contribution in [1.82, 2.24) is 20.3 Å². The van der Waals surface area contributed by atoms with Gasteiger partial charge >= 0.3 is 0 Å². The van der Waals surface area contributed by atoms with Gasteiger partial charge in [0, 0.05) is 24.2 Å². The third-order valence-electron chi connectivity index (χ3n) is 4.67. The van der Waals surface area contributed by atoms with Crippen molar-refractivity contribution in [3.05, 3.63) is 58.1 Å². The Morgan fingerprint density at radius 1 is 1.45 bits per heavy atom. The maximum Gasteiger partial charge on any atom is 0.274 e. The van der Waals surface area contributed by atoms with Crippen LogP contribution in [0, 0.1) is 11.3 Å². The number of nitriles is 1. The molecule has 0 aliphatic carbocycles. The predicted molar refractivity (Wildman–Crippen MR) is 104 cm³/mol. The summed E-state index contributed by atoms with van der Waals surface area (Å²) in [6, 6.07) is 8.90. The molecule has 0 saturated carbocycles. The Labute approximate surface area is 172 Å². The molecule has 2 aromatic heterocycles. The fourth-order valence-electron chi connectivity index (χ4n) is 3.21. The molecule has 1 aromatic carbocycles. The first-order valence-electron chi connectivity index (χ1n) is 9.14. The highest BCUT2D eigenvalue weighted by atomic mass is 35.5. The second-order valence-corrected chi connectivity index (χ2v) is 7.25. The Kier molecular flexibility index (Phi) is 5.34. The number of halogens is 1. The second kappa shape index (κ2) is 8.07. The molecule has 3 aromatic rings. The Morgan fingerprint density at radius 3 is 3.10 bits per heavy atom. The number of fused-ring (bicyclic) bond motifs is 1. The summed E-state index contributed by atoms with van der Waals surface area (Å²) in [6.45, 7) is 3.28. The first-order chi connectivity index (χ1) is 14.0. The molecule has 1 aliphatic heterocycles. The maximum absolute atomic E-state index is 12.5. The molecule has 148 valence electrons. The Hall–Kier alpha value is -3.15. The van der Waals surface area contributed by atoms with Gasteiger partial charge in [-0.3, -0.25) is 9.48 Å². The third kappa shape index (κ3) is 4.01. The van der Waals surface area contributed by atoms with Crippen molar-refractivity contribution in [3.63, 3.8) is 0 Å². The van der Waals surface area contributed by atoms with Crippen LogP contribution in [0.3, 0.4) is 0 Å². The van der Waals surface area contributed by atoms with E-state index in [-0.39, 0.29) is 17.6 Å². The van der Waals surface area contributed by atoms with Crippen LogP contribution in [0.15, 0.2) is 35.0 Å². The number of ether oxygens (including phenoxy) is 1. The fraction of sp³-hybridized carbons (Fsp3) is 0.300. The zero-order valence-electron chi connectivity index (χ0n) is 15.7. The third-order valence-corrected chi connectivity index (χ3v) is 4.98. The normalized spacial score (nSPS) is 14.1. The number of rotatable bonds is 5. The lowest BCUT2D eigenvalue weighted by atomic mass is 10.1. The number of amides is 1. The van der Waals surface area contributed by atoms with E-state index in [0.717, 1.165) is 16.8 Å². The van der Waals surface area contributed by atoms with E-state index in [4.69, 9.17) is 26.1 Å². The molecule has 0 fully saturated rings. The lowest BCUT2D eigenvalue weighted by Crippen LogP contribution is -2.36. The smallest absolute Gasteiger partial charge is 0.274 e. The first-order valence-corrected chi connectivity index (χ1v) is 9.52. The molecular weight excluding hydrogens is 394 g/mol. The van der Waals surface area contributed by atoms with Gasteiger partial charge in [0.15, 0.2) is 5.69 Å². The number of hydrogen-bond acceptors (Lipinski definition) is 6. The molecule has 1 aliphatic rings. The molecule has 1 unspecified atom stereocenters. The van der Waals surface area contributed by atoms with Crippen LogP contribution in [0.5, 0.6) is 0 Å². The van der Waals surface area contributed by atoms with E-state index in [2.05, 4.69) is 15.6 Å². The number of nitrogens with zero attached hydrogens (tertiary/aromatic N) is 4. The van der Waals surface area contributed by atoms with Crippen molar-refractivity contribution >= 4 is 17.5 Å². The minimum atomic E-state index is -0.292. The van der Waals surface area contributed by atoms with E-state index in [9.17, 15) is 4.79 Å². The largest absolute Gasteiger partial charge is 0.376 e. The van der Waals surface area contributed by atoms with E-state index in [1.165, 1.54) is 0 Å². The van der Waals surface area contributed by atoms with E-state index >= 15 is 0 Å². The summed E-state index contributed by atoms with van der Waals surface area (Å²) < 4.78 is 12.4. The van der Waals surface area contributed by atoms with Crippen molar-refractivity contribution in [3.8, 4) is 17.3 Å². The molecule has 8 nitrogen and oxygen atoms in total. The number of carbonyl (C=O) groups excluding carboxylic acids is 1. The summed E-state index contributed by atoms with van der Waals surface area (Å²) in [5.74, 6) is 0.422. The highest BCUT2D eigenvalue weighted by Crippen LogP contribution is 2.24. The average molecular weight is 412 g/mol. The molecule has 0 bridgehead atoms. The molecule has 9 heteroatoms. The number of benzene rings is 1. The second-order valence-electron chi connectivity index (χ2n) is 6.84. The van der Waals surface area contributed by atoms with E-state index in [0.29, 0.717) is 42.5 Å². The minimum Gasteiger partial charge on any atom is -0.376 e. The van der Waals surface area contributed by atoms with Gasteiger partial charge in [-0.1, -0.05) is 22.8 Å². The van der Waals surface area contributed by atoms with Gasteiger partial charge in [-0.2, -0.15) is 10.4 Å². The molecule has 3 heterocycles. The quantitative estimate of drug-likeness (QED) is 0.691. The summed E-state index contributed by atoms with van der Waals surface area (Å²) in [7, 11) is 0. The average Bonchev–Trinajstić information content (AvgIpc) is 3.34. The summed E-state index contributed by atoms with van der Waals surface area (Å²) >= 11 is 6.10. The zero-order valence-corrected chi connectivity index (χ0v) is 16.4. The van der Waals surface area contributed by atoms with Crippen molar-refractivity contribution < 1.29 is 14.1 Å². The van der Waals surface area contributed by atoms with Crippen molar-refractivity contribution in [1.29, 1.82) is 5.26 Å². The number of carbonyl (C=O) groups is 1. The van der Waals surface area contributed by atoms with Gasteiger partial charge in [-0.25, -0.2) is 0 Å². The number of aromatic nitrogens is 3.